The predicted octanol–water partition coefficient (Wildman–Crippen LogP) is 2.37. The summed E-state index contributed by atoms with van der Waals surface area (Å²) in [4.78, 5) is 24.2. The van der Waals surface area contributed by atoms with Crippen molar-refractivity contribution in [1.29, 1.82) is 0 Å². The second-order valence-corrected chi connectivity index (χ2v) is 6.37. The zero-order chi connectivity index (χ0) is 20.1. The zero-order valence-electron chi connectivity index (χ0n) is 14.9. The minimum Gasteiger partial charge on any atom is -0.362 e. The molecule has 0 aliphatic carbocycles. The van der Waals surface area contributed by atoms with Gasteiger partial charge in [0.1, 0.15) is 0 Å². The number of carbonyl (C=O) groups is 2. The first-order valence-corrected chi connectivity index (χ1v) is 8.71. The van der Waals surface area contributed by atoms with Crippen LogP contribution in [-0.2, 0) is 16.0 Å². The van der Waals surface area contributed by atoms with Crippen molar-refractivity contribution >= 4 is 17.5 Å². The number of aliphatic hydroxyl groups is 1. The molecule has 148 valence electrons. The molecule has 27 heavy (non-hydrogen) atoms. The summed E-state index contributed by atoms with van der Waals surface area (Å²) in [5.41, 5.74) is -2.55. The molecule has 0 bridgehead atoms. The molecular weight excluding hydrogens is 363 g/mol. The van der Waals surface area contributed by atoms with Crippen LogP contribution in [0.25, 0.3) is 0 Å². The van der Waals surface area contributed by atoms with Gasteiger partial charge in [-0.3, -0.25) is 9.59 Å². The molecule has 0 unspecified atom stereocenters. The van der Waals surface area contributed by atoms with Gasteiger partial charge in [0.2, 0.25) is 0 Å². The number of nitrogens with zero attached hydrogens (tertiary/aromatic N) is 2. The molecule has 2 amide bonds. The lowest BCUT2D eigenvalue weighted by Crippen LogP contribution is -2.59. The maximum absolute atomic E-state index is 13.3. The van der Waals surface area contributed by atoms with Gasteiger partial charge in [-0.1, -0.05) is 43.7 Å². The van der Waals surface area contributed by atoms with Crippen molar-refractivity contribution in [2.75, 3.05) is 6.54 Å². The largest absolute Gasteiger partial charge is 0.438 e. The number of rotatable bonds is 6. The molecule has 0 radical (unpaired) electrons. The van der Waals surface area contributed by atoms with Crippen LogP contribution in [0.3, 0.4) is 0 Å². The van der Waals surface area contributed by atoms with Crippen molar-refractivity contribution in [3.8, 4) is 0 Å². The third-order valence-electron chi connectivity index (χ3n) is 4.24. The number of halogens is 3. The Morgan fingerprint density at radius 1 is 1.26 bits per heavy atom. The minimum atomic E-state index is -5.13. The number of carbonyl (C=O) groups excluding carboxylic acids is 2. The van der Waals surface area contributed by atoms with Crippen LogP contribution in [0.15, 0.2) is 35.4 Å². The Labute approximate surface area is 155 Å². The Bertz CT molecular complexity index is 707. The van der Waals surface area contributed by atoms with E-state index < -0.39 is 30.1 Å². The average Bonchev–Trinajstić information content (AvgIpc) is 2.98. The third-order valence-corrected chi connectivity index (χ3v) is 4.24. The summed E-state index contributed by atoms with van der Waals surface area (Å²) in [5, 5.41) is 15.8. The fraction of sp³-hybridized carbons (Fsp3) is 0.500. The molecule has 0 saturated heterocycles. The van der Waals surface area contributed by atoms with Crippen molar-refractivity contribution in [3.05, 3.63) is 35.9 Å². The third kappa shape index (κ3) is 4.85. The quantitative estimate of drug-likeness (QED) is 0.738. The van der Waals surface area contributed by atoms with Crippen molar-refractivity contribution in [1.82, 2.24) is 10.3 Å². The van der Waals surface area contributed by atoms with Crippen molar-refractivity contribution in [2.24, 2.45) is 5.10 Å². The topological polar surface area (TPSA) is 82.0 Å². The van der Waals surface area contributed by atoms with Crippen LogP contribution in [0.4, 0.5) is 13.2 Å². The first-order valence-electron chi connectivity index (χ1n) is 8.71. The molecule has 2 rings (SSSR count). The second-order valence-electron chi connectivity index (χ2n) is 6.37. The van der Waals surface area contributed by atoms with Gasteiger partial charge in [0.15, 0.2) is 0 Å². The monoisotopic (exact) mass is 385 g/mol. The van der Waals surface area contributed by atoms with Crippen LogP contribution in [-0.4, -0.2) is 46.1 Å². The number of hydrogen-bond donors (Lipinski definition) is 2. The van der Waals surface area contributed by atoms with Crippen molar-refractivity contribution in [2.45, 2.75) is 50.9 Å². The molecule has 1 atom stereocenters. The molecule has 0 spiro atoms. The highest BCUT2D eigenvalue weighted by molar-refractivity contribution is 6.35. The number of nitrogens with one attached hydrogen (secondary N) is 1. The van der Waals surface area contributed by atoms with E-state index in [0.29, 0.717) is 12.8 Å². The van der Waals surface area contributed by atoms with E-state index >= 15 is 0 Å². The molecule has 0 fully saturated rings. The highest BCUT2D eigenvalue weighted by Gasteiger charge is 2.63. The van der Waals surface area contributed by atoms with E-state index in [1.807, 2.05) is 37.3 Å². The lowest BCUT2D eigenvalue weighted by atomic mass is 10.0. The number of alkyl halides is 3. The second kappa shape index (κ2) is 8.51. The van der Waals surface area contributed by atoms with Gasteiger partial charge in [0.25, 0.3) is 5.72 Å². The summed E-state index contributed by atoms with van der Waals surface area (Å²) in [6.45, 7) is 1.92. The molecule has 2 N–H and O–H groups in total. The molecule has 1 aliphatic heterocycles. The van der Waals surface area contributed by atoms with Crippen LogP contribution in [0, 0.1) is 0 Å². The van der Waals surface area contributed by atoms with Gasteiger partial charge in [-0.15, -0.1) is 0 Å². The van der Waals surface area contributed by atoms with Gasteiger partial charge in [-0.25, -0.2) is 0 Å². The smallest absolute Gasteiger partial charge is 0.362 e. The normalized spacial score (nSPS) is 19.7. The number of unbranched alkanes of at least 4 members (excludes halogenated alkanes) is 1. The van der Waals surface area contributed by atoms with E-state index in [-0.39, 0.29) is 23.7 Å². The molecule has 1 aliphatic rings. The van der Waals surface area contributed by atoms with Gasteiger partial charge < -0.3 is 10.4 Å². The Balaban J connectivity index is 2.05. The number of amides is 2. The van der Waals surface area contributed by atoms with E-state index in [1.54, 1.807) is 0 Å². The average molecular weight is 385 g/mol. The van der Waals surface area contributed by atoms with E-state index in [2.05, 4.69) is 10.4 Å². The molecule has 1 aromatic rings. The van der Waals surface area contributed by atoms with Crippen LogP contribution in [0.5, 0.6) is 0 Å². The van der Waals surface area contributed by atoms with E-state index in [9.17, 15) is 27.9 Å². The first kappa shape index (κ1) is 20.9. The maximum Gasteiger partial charge on any atom is 0.438 e. The molecule has 9 heteroatoms. The highest BCUT2D eigenvalue weighted by Crippen LogP contribution is 2.40. The van der Waals surface area contributed by atoms with Gasteiger partial charge in [0.05, 0.1) is 0 Å². The fourth-order valence-corrected chi connectivity index (χ4v) is 2.71. The summed E-state index contributed by atoms with van der Waals surface area (Å²) in [6, 6.07) is 9.08. The highest BCUT2D eigenvalue weighted by atomic mass is 19.4. The van der Waals surface area contributed by atoms with Crippen LogP contribution < -0.4 is 5.32 Å². The van der Waals surface area contributed by atoms with Crippen LogP contribution >= 0.6 is 0 Å². The molecule has 1 heterocycles. The summed E-state index contributed by atoms with van der Waals surface area (Å²) >= 11 is 0. The van der Waals surface area contributed by atoms with E-state index in [0.717, 1.165) is 12.0 Å². The first-order chi connectivity index (χ1) is 12.7. The standard InChI is InChI=1S/C18H22F3N3O3/c1-2-3-9-14-12-17(27,18(19,20)21)24(23-14)16(26)15(25)22-11-10-13-7-5-4-6-8-13/h4-8,27H,2-3,9-12H2,1H3,(H,22,25)/t17-/m1/s1. The summed E-state index contributed by atoms with van der Waals surface area (Å²) in [6.07, 6.45) is -4.07. The molecule has 0 aromatic heterocycles. The molecular formula is C18H22F3N3O3. The van der Waals surface area contributed by atoms with Gasteiger partial charge in [-0.2, -0.15) is 23.3 Å². The minimum absolute atomic E-state index is 0.0436. The summed E-state index contributed by atoms with van der Waals surface area (Å²) < 4.78 is 40.0. The Morgan fingerprint density at radius 2 is 1.93 bits per heavy atom. The lowest BCUT2D eigenvalue weighted by Gasteiger charge is -2.32. The zero-order valence-corrected chi connectivity index (χ0v) is 14.9. The lowest BCUT2D eigenvalue weighted by molar-refractivity contribution is -0.301. The number of benzene rings is 1. The Kier molecular flexibility index (Phi) is 6.59. The number of hydrogen-bond acceptors (Lipinski definition) is 4. The van der Waals surface area contributed by atoms with Crippen molar-refractivity contribution in [3.63, 3.8) is 0 Å². The van der Waals surface area contributed by atoms with E-state index in [4.69, 9.17) is 0 Å². The SMILES string of the molecule is CCCCC1=NN(C(=O)C(=O)NCCc2ccccc2)[C@](O)(C(F)(F)F)C1. The van der Waals surface area contributed by atoms with Crippen molar-refractivity contribution < 1.29 is 27.9 Å². The number of hydrazone groups is 1. The Morgan fingerprint density at radius 3 is 2.52 bits per heavy atom. The molecule has 0 saturated carbocycles. The van der Waals surface area contributed by atoms with Gasteiger partial charge in [0, 0.05) is 18.7 Å². The molecule has 6 nitrogen and oxygen atoms in total. The van der Waals surface area contributed by atoms with E-state index in [1.165, 1.54) is 0 Å². The maximum atomic E-state index is 13.3. The Hall–Kier alpha value is -2.42. The summed E-state index contributed by atoms with van der Waals surface area (Å²) in [7, 11) is 0. The molecule has 1 aromatic carbocycles. The van der Waals surface area contributed by atoms with Gasteiger partial charge in [-0.05, 0) is 24.8 Å². The van der Waals surface area contributed by atoms with Crippen LogP contribution in [0.2, 0.25) is 0 Å². The van der Waals surface area contributed by atoms with Gasteiger partial charge >= 0.3 is 18.0 Å². The predicted molar refractivity (Wildman–Crippen MR) is 92.6 cm³/mol. The summed E-state index contributed by atoms with van der Waals surface area (Å²) in [5.74, 6) is -2.77. The van der Waals surface area contributed by atoms with Crippen LogP contribution in [0.1, 0.15) is 38.2 Å². The fourth-order valence-electron chi connectivity index (χ4n) is 2.71.